The quantitative estimate of drug-likeness (QED) is 0.588. The predicted octanol–water partition coefficient (Wildman–Crippen LogP) is 2.88. The number of fused-ring (bicyclic) bond motifs is 1. The highest BCUT2D eigenvalue weighted by atomic mass is 16.2. The molecule has 0 radical (unpaired) electrons. The number of pyridine rings is 1. The Morgan fingerprint density at radius 2 is 1.87 bits per heavy atom. The van der Waals surface area contributed by atoms with Gasteiger partial charge in [-0.3, -0.25) is 9.59 Å². The van der Waals surface area contributed by atoms with Gasteiger partial charge >= 0.3 is 0 Å². The Bertz CT molecular complexity index is 1080. The van der Waals surface area contributed by atoms with E-state index in [4.69, 9.17) is 11.5 Å². The minimum absolute atomic E-state index is 0.101. The highest BCUT2D eigenvalue weighted by molar-refractivity contribution is 5.93. The number of hydrogen-bond acceptors (Lipinski definition) is 5. The highest BCUT2D eigenvalue weighted by Crippen LogP contribution is 2.24. The number of nitrogens with two attached hydrogens (primary N) is 2. The SMILES string of the molecule is Nc1nccc2cc(CCC(=O)[C@@H]3CCN3C(=O)[C@H](N)CCc3ccccc3)ccc12. The predicted molar refractivity (Wildman–Crippen MR) is 122 cm³/mol. The molecule has 31 heavy (non-hydrogen) atoms. The third-order valence-electron chi connectivity index (χ3n) is 6.10. The van der Waals surface area contributed by atoms with Crippen molar-refractivity contribution in [1.29, 1.82) is 0 Å². The number of benzene rings is 2. The highest BCUT2D eigenvalue weighted by Gasteiger charge is 2.38. The first-order chi connectivity index (χ1) is 15.0. The summed E-state index contributed by atoms with van der Waals surface area (Å²) in [7, 11) is 0. The number of Topliss-reactive ketones (excluding diaryl/α,β-unsaturated/α-hetero) is 1. The van der Waals surface area contributed by atoms with E-state index >= 15 is 0 Å². The lowest BCUT2D eigenvalue weighted by atomic mass is 9.92. The second-order valence-electron chi connectivity index (χ2n) is 8.18. The van der Waals surface area contributed by atoms with E-state index in [-0.39, 0.29) is 17.7 Å². The molecule has 0 spiro atoms. The van der Waals surface area contributed by atoms with Gasteiger partial charge in [-0.2, -0.15) is 0 Å². The van der Waals surface area contributed by atoms with Gasteiger partial charge in [-0.05, 0) is 48.3 Å². The van der Waals surface area contributed by atoms with Crippen LogP contribution in [0.3, 0.4) is 0 Å². The Kier molecular flexibility index (Phi) is 6.28. The number of amides is 1. The van der Waals surface area contributed by atoms with Gasteiger partial charge < -0.3 is 16.4 Å². The number of aromatic nitrogens is 1. The van der Waals surface area contributed by atoms with E-state index in [9.17, 15) is 9.59 Å². The third-order valence-corrected chi connectivity index (χ3v) is 6.10. The number of aryl methyl sites for hydroxylation is 2. The standard InChI is InChI=1S/C25H28N4O2/c26-21(10-7-17-4-2-1-3-5-17)25(31)29-15-13-22(29)23(30)11-8-18-6-9-20-19(16-18)12-14-28-24(20)27/h1-6,9,12,14,16,21-22H,7-8,10-11,13,15,26H2,(H2,27,28)/t21-,22+/m1/s1. The molecular weight excluding hydrogens is 388 g/mol. The molecule has 3 aromatic rings. The van der Waals surface area contributed by atoms with Crippen LogP contribution in [0.15, 0.2) is 60.8 Å². The normalized spacial score (nSPS) is 16.7. The zero-order valence-corrected chi connectivity index (χ0v) is 17.5. The van der Waals surface area contributed by atoms with E-state index < -0.39 is 6.04 Å². The summed E-state index contributed by atoms with van der Waals surface area (Å²) in [6.07, 6.45) is 4.77. The number of hydrogen-bond donors (Lipinski definition) is 2. The molecule has 2 aromatic carbocycles. The minimum Gasteiger partial charge on any atom is -0.383 e. The van der Waals surface area contributed by atoms with Gasteiger partial charge in [0.05, 0.1) is 12.1 Å². The number of nitrogens with zero attached hydrogens (tertiary/aromatic N) is 2. The molecule has 0 aliphatic carbocycles. The Balaban J connectivity index is 1.30. The maximum absolute atomic E-state index is 12.8. The molecule has 160 valence electrons. The number of carbonyl (C=O) groups is 2. The van der Waals surface area contributed by atoms with Gasteiger partial charge in [0.15, 0.2) is 5.78 Å². The van der Waals surface area contributed by atoms with E-state index in [1.807, 2.05) is 54.6 Å². The second-order valence-corrected chi connectivity index (χ2v) is 8.18. The van der Waals surface area contributed by atoms with Crippen LogP contribution in [-0.4, -0.2) is 40.2 Å². The molecule has 1 aliphatic heterocycles. The van der Waals surface area contributed by atoms with Crippen molar-refractivity contribution in [3.8, 4) is 0 Å². The average Bonchev–Trinajstić information content (AvgIpc) is 2.76. The fourth-order valence-electron chi connectivity index (χ4n) is 4.13. The van der Waals surface area contributed by atoms with Crippen molar-refractivity contribution in [2.45, 2.75) is 44.2 Å². The van der Waals surface area contributed by atoms with Gasteiger partial charge in [0, 0.05) is 24.5 Å². The fourth-order valence-corrected chi connectivity index (χ4v) is 4.13. The van der Waals surface area contributed by atoms with Crippen molar-refractivity contribution >= 4 is 28.3 Å². The van der Waals surface area contributed by atoms with E-state index in [0.717, 1.165) is 34.7 Å². The summed E-state index contributed by atoms with van der Waals surface area (Å²) in [5, 5.41) is 1.93. The third kappa shape index (κ3) is 4.75. The molecule has 2 heterocycles. The Labute approximate surface area is 182 Å². The number of rotatable bonds is 8. The topological polar surface area (TPSA) is 102 Å². The molecular formula is C25H28N4O2. The fraction of sp³-hybridized carbons (Fsp3) is 0.320. The summed E-state index contributed by atoms with van der Waals surface area (Å²) in [5.74, 6) is 0.491. The van der Waals surface area contributed by atoms with Crippen LogP contribution in [0.2, 0.25) is 0 Å². The first-order valence-electron chi connectivity index (χ1n) is 10.8. The van der Waals surface area contributed by atoms with Crippen LogP contribution >= 0.6 is 0 Å². The molecule has 0 saturated carbocycles. The van der Waals surface area contributed by atoms with Crippen molar-refractivity contribution in [3.63, 3.8) is 0 Å². The van der Waals surface area contributed by atoms with E-state index in [1.54, 1.807) is 11.1 Å². The first kappa shape index (κ1) is 21.0. The molecule has 4 N–H and O–H groups in total. The van der Waals surface area contributed by atoms with Gasteiger partial charge in [-0.25, -0.2) is 4.98 Å². The maximum atomic E-state index is 12.8. The zero-order valence-electron chi connectivity index (χ0n) is 17.5. The van der Waals surface area contributed by atoms with Gasteiger partial charge in [0.2, 0.25) is 5.91 Å². The van der Waals surface area contributed by atoms with E-state index in [1.165, 1.54) is 0 Å². The number of ketones is 1. The Hall–Kier alpha value is -3.25. The van der Waals surface area contributed by atoms with Crippen LogP contribution in [0.4, 0.5) is 5.82 Å². The zero-order chi connectivity index (χ0) is 21.8. The van der Waals surface area contributed by atoms with Gasteiger partial charge in [-0.1, -0.05) is 48.5 Å². The molecule has 0 bridgehead atoms. The summed E-state index contributed by atoms with van der Waals surface area (Å²) >= 11 is 0. The lowest BCUT2D eigenvalue weighted by Crippen LogP contribution is -2.59. The van der Waals surface area contributed by atoms with Gasteiger partial charge in [0.25, 0.3) is 0 Å². The lowest BCUT2D eigenvalue weighted by molar-refractivity contribution is -0.147. The summed E-state index contributed by atoms with van der Waals surface area (Å²) in [6.45, 7) is 0.608. The average molecular weight is 417 g/mol. The van der Waals surface area contributed by atoms with Crippen LogP contribution in [0.25, 0.3) is 10.8 Å². The van der Waals surface area contributed by atoms with Gasteiger partial charge in [0.1, 0.15) is 5.82 Å². The largest absolute Gasteiger partial charge is 0.383 e. The molecule has 1 aromatic heterocycles. The summed E-state index contributed by atoms with van der Waals surface area (Å²) in [6, 6.07) is 17.0. The molecule has 0 unspecified atom stereocenters. The molecule has 6 nitrogen and oxygen atoms in total. The molecule has 1 amide bonds. The monoisotopic (exact) mass is 416 g/mol. The Morgan fingerprint density at radius 1 is 1.06 bits per heavy atom. The number of nitrogen functional groups attached to an aromatic ring is 1. The second kappa shape index (κ2) is 9.27. The summed E-state index contributed by atoms with van der Waals surface area (Å²) in [5.41, 5.74) is 14.3. The molecule has 2 atom stereocenters. The Morgan fingerprint density at radius 3 is 2.61 bits per heavy atom. The van der Waals surface area contributed by atoms with Crippen LogP contribution in [0.5, 0.6) is 0 Å². The first-order valence-corrected chi connectivity index (χ1v) is 10.8. The number of anilines is 1. The smallest absolute Gasteiger partial charge is 0.240 e. The molecule has 1 aliphatic rings. The van der Waals surface area contributed by atoms with Crippen LogP contribution in [-0.2, 0) is 22.4 Å². The minimum atomic E-state index is -0.574. The van der Waals surface area contributed by atoms with Crippen LogP contribution in [0.1, 0.15) is 30.4 Å². The molecule has 1 saturated heterocycles. The number of carbonyl (C=O) groups excluding carboxylic acids is 2. The molecule has 6 heteroatoms. The summed E-state index contributed by atoms with van der Waals surface area (Å²) in [4.78, 5) is 31.3. The number of likely N-dealkylation sites (tertiary alicyclic amines) is 1. The molecule has 1 fully saturated rings. The lowest BCUT2D eigenvalue weighted by Gasteiger charge is -2.41. The summed E-state index contributed by atoms with van der Waals surface area (Å²) < 4.78 is 0. The van der Waals surface area contributed by atoms with E-state index in [0.29, 0.717) is 31.6 Å². The van der Waals surface area contributed by atoms with Crippen LogP contribution in [0, 0.1) is 0 Å². The molecule has 4 rings (SSSR count). The van der Waals surface area contributed by atoms with E-state index in [2.05, 4.69) is 4.98 Å². The van der Waals surface area contributed by atoms with Crippen molar-refractivity contribution < 1.29 is 9.59 Å². The van der Waals surface area contributed by atoms with Crippen molar-refractivity contribution in [2.75, 3.05) is 12.3 Å². The van der Waals surface area contributed by atoms with Crippen molar-refractivity contribution in [1.82, 2.24) is 9.88 Å². The van der Waals surface area contributed by atoms with Crippen molar-refractivity contribution in [3.05, 3.63) is 71.9 Å². The van der Waals surface area contributed by atoms with Crippen LogP contribution < -0.4 is 11.5 Å². The van der Waals surface area contributed by atoms with Crippen molar-refractivity contribution in [2.24, 2.45) is 5.73 Å². The maximum Gasteiger partial charge on any atom is 0.240 e. The van der Waals surface area contributed by atoms with Gasteiger partial charge in [-0.15, -0.1) is 0 Å².